The quantitative estimate of drug-likeness (QED) is 0.446. The first-order chi connectivity index (χ1) is 5.69. The standard InChI is InChI=1S/C5H11NO/c7-5-2-1-3-6-4-5/h5-7H,1-4H2/i1D,2D,3D2,4D,5D. The van der Waals surface area contributed by atoms with Gasteiger partial charge in [-0.2, -0.15) is 0 Å². The Labute approximate surface area is 52.0 Å². The van der Waals surface area contributed by atoms with Gasteiger partial charge in [0.05, 0.1) is 7.45 Å². The molecule has 1 fully saturated rings. The first kappa shape index (κ1) is 1.45. The van der Waals surface area contributed by atoms with Crippen molar-refractivity contribution >= 4 is 0 Å². The van der Waals surface area contributed by atoms with Gasteiger partial charge in [-0.05, 0) is 19.3 Å². The van der Waals surface area contributed by atoms with Crippen molar-refractivity contribution in [1.82, 2.24) is 5.32 Å². The van der Waals surface area contributed by atoms with Gasteiger partial charge in [0.25, 0.3) is 0 Å². The minimum Gasteiger partial charge on any atom is -0.392 e. The molecule has 0 spiro atoms. The van der Waals surface area contributed by atoms with E-state index in [1.165, 1.54) is 0 Å². The van der Waals surface area contributed by atoms with Crippen molar-refractivity contribution in [3.8, 4) is 0 Å². The molecule has 2 N–H and O–H groups in total. The van der Waals surface area contributed by atoms with Crippen molar-refractivity contribution in [3.05, 3.63) is 0 Å². The lowest BCUT2D eigenvalue weighted by molar-refractivity contribution is 0.142. The Kier molecular flexibility index (Phi) is 0.474. The Morgan fingerprint density at radius 2 is 2.86 bits per heavy atom. The van der Waals surface area contributed by atoms with Crippen molar-refractivity contribution < 1.29 is 13.3 Å². The van der Waals surface area contributed by atoms with Crippen molar-refractivity contribution in [1.29, 1.82) is 0 Å². The molecule has 1 heterocycles. The number of β-amino-alcohol motifs (C(OH)–C–C–N with tert-alkyl or cyclic N) is 1. The van der Waals surface area contributed by atoms with Crippen molar-refractivity contribution in [2.75, 3.05) is 13.0 Å². The van der Waals surface area contributed by atoms with E-state index in [2.05, 4.69) is 0 Å². The van der Waals surface area contributed by atoms with Crippen LogP contribution in [0.25, 0.3) is 0 Å². The monoisotopic (exact) mass is 107 g/mol. The molecule has 0 aromatic carbocycles. The highest BCUT2D eigenvalue weighted by Crippen LogP contribution is 1.98. The molecule has 2 nitrogen and oxygen atoms in total. The summed E-state index contributed by atoms with van der Waals surface area (Å²) >= 11 is 0. The van der Waals surface area contributed by atoms with Crippen LogP contribution in [0.3, 0.4) is 0 Å². The van der Waals surface area contributed by atoms with Gasteiger partial charge in [-0.25, -0.2) is 0 Å². The van der Waals surface area contributed by atoms with Gasteiger partial charge in [0, 0.05) is 13.4 Å². The molecular weight excluding hydrogens is 90.1 g/mol. The predicted octanol–water partition coefficient (Wildman–Crippen LogP) is -0.269. The lowest BCUT2D eigenvalue weighted by Crippen LogP contribution is -2.33. The molecule has 1 aliphatic rings. The summed E-state index contributed by atoms with van der Waals surface area (Å²) in [5.74, 6) is 0. The van der Waals surface area contributed by atoms with Crippen LogP contribution in [0.5, 0.6) is 0 Å². The molecule has 0 bridgehead atoms. The lowest BCUT2D eigenvalue weighted by Gasteiger charge is -2.16. The lowest BCUT2D eigenvalue weighted by atomic mass is 10.1. The van der Waals surface area contributed by atoms with Gasteiger partial charge in [-0.1, -0.05) is 0 Å². The van der Waals surface area contributed by atoms with Crippen LogP contribution in [-0.4, -0.2) is 24.2 Å². The first-order valence-electron chi connectivity index (χ1n) is 5.19. The second kappa shape index (κ2) is 2.28. The van der Waals surface area contributed by atoms with E-state index in [9.17, 15) is 5.11 Å². The smallest absolute Gasteiger partial charge is 0.0665 e. The first-order valence-corrected chi connectivity index (χ1v) is 1.96. The molecule has 0 aliphatic carbocycles. The van der Waals surface area contributed by atoms with Crippen LogP contribution in [0.4, 0.5) is 0 Å². The SMILES string of the molecule is [2H]C1C([2H])C([2H])(O)C([2H])NC1([2H])[2H]. The van der Waals surface area contributed by atoms with E-state index >= 15 is 0 Å². The molecule has 4 atom stereocenters. The van der Waals surface area contributed by atoms with Crippen LogP contribution in [-0.2, 0) is 0 Å². The fourth-order valence-corrected chi connectivity index (χ4v) is 0.339. The van der Waals surface area contributed by atoms with E-state index in [0.717, 1.165) is 0 Å². The summed E-state index contributed by atoms with van der Waals surface area (Å²) in [6, 6.07) is 0. The molecule has 7 heavy (non-hydrogen) atoms. The number of nitrogens with one attached hydrogen (secondary N) is 1. The molecule has 0 aromatic rings. The summed E-state index contributed by atoms with van der Waals surface area (Å²) < 4.78 is 43.2. The largest absolute Gasteiger partial charge is 0.392 e. The summed E-state index contributed by atoms with van der Waals surface area (Å²) in [6.07, 6.45) is -5.65. The predicted molar refractivity (Wildman–Crippen MR) is 28.1 cm³/mol. The van der Waals surface area contributed by atoms with Crippen LogP contribution in [0.1, 0.15) is 21.0 Å². The Morgan fingerprint density at radius 3 is 3.71 bits per heavy atom. The van der Waals surface area contributed by atoms with Crippen LogP contribution in [0, 0.1) is 0 Å². The van der Waals surface area contributed by atoms with Gasteiger partial charge >= 0.3 is 0 Å². The average Bonchev–Trinajstić information content (AvgIpc) is 1.98. The summed E-state index contributed by atoms with van der Waals surface area (Å²) in [5.41, 5.74) is 0. The molecule has 1 aliphatic heterocycles. The molecule has 0 aromatic heterocycles. The Bertz CT molecular complexity index is 209. The number of hydrogen-bond donors (Lipinski definition) is 2. The summed E-state index contributed by atoms with van der Waals surface area (Å²) in [5, 5.41) is 11.2. The zero-order valence-electron chi connectivity index (χ0n) is 9.68. The van der Waals surface area contributed by atoms with E-state index in [1.54, 1.807) is 0 Å². The Morgan fingerprint density at radius 1 is 2.00 bits per heavy atom. The molecule has 0 amide bonds. The zero-order chi connectivity index (χ0) is 10.4. The average molecular weight is 107 g/mol. The number of piperidine rings is 1. The van der Waals surface area contributed by atoms with Crippen LogP contribution >= 0.6 is 0 Å². The Balaban J connectivity index is 2.93. The van der Waals surface area contributed by atoms with E-state index in [-0.39, 0.29) is 0 Å². The van der Waals surface area contributed by atoms with Crippen LogP contribution < -0.4 is 5.32 Å². The van der Waals surface area contributed by atoms with Gasteiger partial charge in [-0.3, -0.25) is 0 Å². The fraction of sp³-hybridized carbons (Fsp3) is 1.00. The third-order valence-electron chi connectivity index (χ3n) is 0.641. The normalized spacial score (nSPS) is 94.7. The molecule has 42 valence electrons. The van der Waals surface area contributed by atoms with Crippen LogP contribution in [0.2, 0.25) is 0 Å². The van der Waals surface area contributed by atoms with E-state index in [4.69, 9.17) is 8.22 Å². The highest BCUT2D eigenvalue weighted by molar-refractivity contribution is 4.65. The van der Waals surface area contributed by atoms with Crippen molar-refractivity contribution in [2.45, 2.75) is 18.9 Å². The summed E-state index contributed by atoms with van der Waals surface area (Å²) in [6.45, 7) is -3.81. The third kappa shape index (κ3) is 1.45. The topological polar surface area (TPSA) is 32.3 Å². The second-order valence-corrected chi connectivity index (χ2v) is 1.19. The van der Waals surface area contributed by atoms with E-state index < -0.39 is 31.9 Å². The summed E-state index contributed by atoms with van der Waals surface area (Å²) in [4.78, 5) is 0. The highest BCUT2D eigenvalue weighted by atomic mass is 16.3. The minimum atomic E-state index is -2.43. The molecule has 4 unspecified atom stereocenters. The zero-order valence-corrected chi connectivity index (χ0v) is 3.68. The molecular formula is C5H11NO. The fourth-order valence-electron chi connectivity index (χ4n) is 0.339. The maximum Gasteiger partial charge on any atom is 0.0665 e. The maximum absolute atomic E-state index is 9.26. The van der Waals surface area contributed by atoms with Crippen LogP contribution in [0.15, 0.2) is 0 Å². The van der Waals surface area contributed by atoms with Gasteiger partial charge < -0.3 is 10.4 Å². The third-order valence-corrected chi connectivity index (χ3v) is 0.641. The Hall–Kier alpha value is -0.0800. The van der Waals surface area contributed by atoms with Crippen molar-refractivity contribution in [2.24, 2.45) is 0 Å². The van der Waals surface area contributed by atoms with Crippen molar-refractivity contribution in [3.63, 3.8) is 0 Å². The molecule has 0 radical (unpaired) electrons. The molecule has 0 saturated carbocycles. The summed E-state index contributed by atoms with van der Waals surface area (Å²) in [7, 11) is 0. The van der Waals surface area contributed by atoms with E-state index in [0.29, 0.717) is 0 Å². The second-order valence-electron chi connectivity index (χ2n) is 1.19. The number of aliphatic hydroxyl groups is 1. The molecule has 1 rings (SSSR count). The molecule has 2 heteroatoms. The van der Waals surface area contributed by atoms with Gasteiger partial charge in [-0.15, -0.1) is 0 Å². The number of hydrogen-bond acceptors (Lipinski definition) is 2. The minimum absolute atomic E-state index is 1.57. The highest BCUT2D eigenvalue weighted by Gasteiger charge is 2.06. The van der Waals surface area contributed by atoms with E-state index in [1.807, 2.05) is 5.32 Å². The number of rotatable bonds is 0. The van der Waals surface area contributed by atoms with Gasteiger partial charge in [0.1, 0.15) is 0 Å². The maximum atomic E-state index is 9.26. The van der Waals surface area contributed by atoms with Gasteiger partial charge in [0.15, 0.2) is 0 Å². The van der Waals surface area contributed by atoms with Gasteiger partial charge in [0.2, 0.25) is 0 Å². The molecule has 1 saturated heterocycles.